The van der Waals surface area contributed by atoms with Crippen molar-refractivity contribution in [2.75, 3.05) is 5.32 Å². The Kier molecular flexibility index (Phi) is 8.26. The molecule has 0 spiro atoms. The van der Waals surface area contributed by atoms with Gasteiger partial charge in [-0.25, -0.2) is 0 Å². The van der Waals surface area contributed by atoms with Crippen molar-refractivity contribution < 1.29 is 14.4 Å². The second-order valence-electron chi connectivity index (χ2n) is 7.54. The summed E-state index contributed by atoms with van der Waals surface area (Å²) >= 11 is 5.03. The number of aryl methyl sites for hydroxylation is 2. The maximum absolute atomic E-state index is 12.3. The van der Waals surface area contributed by atoms with Crippen LogP contribution in [0.5, 0.6) is 0 Å². The summed E-state index contributed by atoms with van der Waals surface area (Å²) in [5, 5.41) is 5.19. The number of nitrogens with one attached hydrogen (secondary N) is 4. The summed E-state index contributed by atoms with van der Waals surface area (Å²) < 4.78 is 0. The van der Waals surface area contributed by atoms with Gasteiger partial charge >= 0.3 is 0 Å². The van der Waals surface area contributed by atoms with Crippen molar-refractivity contribution in [2.45, 2.75) is 13.8 Å². The zero-order valence-corrected chi connectivity index (χ0v) is 19.5. The molecule has 0 heterocycles. The minimum atomic E-state index is -0.455. The number of rotatable bonds is 5. The van der Waals surface area contributed by atoms with Gasteiger partial charge in [0.25, 0.3) is 11.8 Å². The molecule has 3 aromatic carbocycles. The van der Waals surface area contributed by atoms with Gasteiger partial charge in [-0.1, -0.05) is 47.5 Å². The molecule has 4 N–H and O–H groups in total. The van der Waals surface area contributed by atoms with Crippen LogP contribution in [-0.4, -0.2) is 22.8 Å². The molecule has 0 saturated heterocycles. The van der Waals surface area contributed by atoms with Crippen molar-refractivity contribution in [3.05, 3.63) is 107 Å². The molecule has 8 heteroatoms. The molecule has 0 aliphatic heterocycles. The van der Waals surface area contributed by atoms with Gasteiger partial charge in [0, 0.05) is 22.9 Å². The van der Waals surface area contributed by atoms with Gasteiger partial charge in [-0.2, -0.15) is 0 Å². The van der Waals surface area contributed by atoms with Crippen LogP contribution in [0.1, 0.15) is 37.4 Å². The van der Waals surface area contributed by atoms with Gasteiger partial charge < -0.3 is 5.32 Å². The monoisotopic (exact) mass is 472 g/mol. The normalized spacial score (nSPS) is 10.4. The van der Waals surface area contributed by atoms with Gasteiger partial charge in [0.15, 0.2) is 5.11 Å². The fraction of sp³-hybridized carbons (Fsp3) is 0.0769. The highest BCUT2D eigenvalue weighted by atomic mass is 32.1. The first-order valence-electron chi connectivity index (χ1n) is 10.4. The lowest BCUT2D eigenvalue weighted by molar-refractivity contribution is -0.115. The first-order chi connectivity index (χ1) is 16.3. The first-order valence-corrected chi connectivity index (χ1v) is 10.8. The number of hydrazine groups is 1. The molecule has 3 amide bonds. The van der Waals surface area contributed by atoms with E-state index in [2.05, 4.69) is 21.5 Å². The maximum atomic E-state index is 12.3. The van der Waals surface area contributed by atoms with Crippen LogP contribution in [0.3, 0.4) is 0 Å². The lowest BCUT2D eigenvalue weighted by Crippen LogP contribution is -2.48. The fourth-order valence-corrected chi connectivity index (χ4v) is 3.07. The quantitative estimate of drug-likeness (QED) is 0.256. The second kappa shape index (κ2) is 11.5. The lowest BCUT2D eigenvalue weighted by Gasteiger charge is -2.10. The molecule has 3 aromatic rings. The van der Waals surface area contributed by atoms with Crippen molar-refractivity contribution in [1.29, 1.82) is 0 Å². The van der Waals surface area contributed by atoms with Gasteiger partial charge in [0.05, 0.1) is 0 Å². The molecule has 0 fully saturated rings. The molecule has 7 nitrogen and oxygen atoms in total. The number of thiocarbonyl (C=S) groups is 1. The summed E-state index contributed by atoms with van der Waals surface area (Å²) in [4.78, 5) is 36.6. The van der Waals surface area contributed by atoms with Crippen LogP contribution in [0, 0.1) is 13.8 Å². The van der Waals surface area contributed by atoms with E-state index in [4.69, 9.17) is 12.2 Å². The van der Waals surface area contributed by atoms with Crippen molar-refractivity contribution >= 4 is 46.8 Å². The maximum Gasteiger partial charge on any atom is 0.269 e. The highest BCUT2D eigenvalue weighted by Gasteiger charge is 2.09. The summed E-state index contributed by atoms with van der Waals surface area (Å²) in [7, 11) is 0. The van der Waals surface area contributed by atoms with E-state index >= 15 is 0 Å². The minimum Gasteiger partial charge on any atom is -0.322 e. The molecule has 0 aliphatic carbocycles. The number of carbonyl (C=O) groups excluding carboxylic acids is 3. The molecule has 0 saturated carbocycles. The molecular weight excluding hydrogens is 448 g/mol. The van der Waals surface area contributed by atoms with Crippen molar-refractivity contribution in [3.63, 3.8) is 0 Å². The summed E-state index contributed by atoms with van der Waals surface area (Å²) in [6, 6.07) is 21.3. The third-order valence-corrected chi connectivity index (χ3v) is 4.92. The molecule has 0 unspecified atom stereocenters. The number of hydrogen-bond donors (Lipinski definition) is 4. The van der Waals surface area contributed by atoms with Crippen LogP contribution < -0.4 is 21.5 Å². The Morgan fingerprint density at radius 2 is 1.47 bits per heavy atom. The summed E-state index contributed by atoms with van der Waals surface area (Å²) in [5.74, 6) is -1.12. The summed E-state index contributed by atoms with van der Waals surface area (Å²) in [5.41, 5.74) is 9.35. The predicted molar refractivity (Wildman–Crippen MR) is 137 cm³/mol. The molecule has 0 atom stereocenters. The van der Waals surface area contributed by atoms with Crippen LogP contribution in [-0.2, 0) is 4.79 Å². The molecule has 172 valence electrons. The van der Waals surface area contributed by atoms with Crippen LogP contribution in [0.15, 0.2) is 78.9 Å². The van der Waals surface area contributed by atoms with E-state index in [1.54, 1.807) is 42.5 Å². The minimum absolute atomic E-state index is 0.0473. The molecule has 0 bridgehead atoms. The van der Waals surface area contributed by atoms with Crippen LogP contribution in [0.2, 0.25) is 0 Å². The molecule has 34 heavy (non-hydrogen) atoms. The fourth-order valence-electron chi connectivity index (χ4n) is 2.91. The van der Waals surface area contributed by atoms with Gasteiger partial charge in [-0.15, -0.1) is 0 Å². The zero-order chi connectivity index (χ0) is 24.5. The van der Waals surface area contributed by atoms with Gasteiger partial charge in [0.1, 0.15) is 0 Å². The molecule has 0 radical (unpaired) electrons. The second-order valence-corrected chi connectivity index (χ2v) is 7.95. The van der Waals surface area contributed by atoms with Gasteiger partial charge in [-0.05, 0) is 74.1 Å². The Morgan fingerprint density at radius 1 is 0.765 bits per heavy atom. The molecule has 0 aromatic heterocycles. The third-order valence-electron chi connectivity index (χ3n) is 4.72. The van der Waals surface area contributed by atoms with Crippen molar-refractivity contribution in [1.82, 2.24) is 16.2 Å². The molecule has 3 rings (SSSR count). The predicted octanol–water partition coefficient (Wildman–Crippen LogP) is 3.90. The van der Waals surface area contributed by atoms with Crippen molar-refractivity contribution in [3.8, 4) is 0 Å². The van der Waals surface area contributed by atoms with Crippen molar-refractivity contribution in [2.24, 2.45) is 0 Å². The number of carbonyl (C=O) groups is 3. The molecule has 0 aliphatic rings. The van der Waals surface area contributed by atoms with E-state index in [0.717, 1.165) is 16.7 Å². The van der Waals surface area contributed by atoms with E-state index < -0.39 is 11.8 Å². The SMILES string of the molecule is Cc1ccc(C=CC(=O)NC(=S)NNC(=O)c2ccc(NC(=O)c3cccc(C)c3)cc2)cc1. The number of hydrogen-bond acceptors (Lipinski definition) is 4. The number of benzene rings is 3. The van der Waals surface area contributed by atoms with E-state index in [1.165, 1.54) is 6.08 Å². The Bertz CT molecular complexity index is 1240. The van der Waals surface area contributed by atoms with Crippen LogP contribution >= 0.6 is 12.2 Å². The highest BCUT2D eigenvalue weighted by Crippen LogP contribution is 2.12. The third kappa shape index (κ3) is 7.39. The number of anilines is 1. The lowest BCUT2D eigenvalue weighted by atomic mass is 10.1. The standard InChI is InChI=1S/C26H24N4O3S/c1-17-6-8-19(9-7-17)10-15-23(31)28-26(34)30-29-25(33)20-11-13-22(14-12-20)27-24(32)21-5-3-4-18(2)16-21/h3-16H,1-2H3,(H,27,32)(H,29,33)(H2,28,30,31,34). The van der Waals surface area contributed by atoms with Gasteiger partial charge in [0.2, 0.25) is 5.91 Å². The zero-order valence-electron chi connectivity index (χ0n) is 18.7. The smallest absolute Gasteiger partial charge is 0.269 e. The summed E-state index contributed by atoms with van der Waals surface area (Å²) in [6.45, 7) is 3.90. The molecular formula is C26H24N4O3S. The Hall–Kier alpha value is -4.30. The van der Waals surface area contributed by atoms with E-state index in [1.807, 2.05) is 50.2 Å². The van der Waals surface area contributed by atoms with Crippen LogP contribution in [0.25, 0.3) is 6.08 Å². The number of amides is 3. The van der Waals surface area contributed by atoms with Gasteiger partial charge in [-0.3, -0.25) is 30.6 Å². The average molecular weight is 473 g/mol. The Balaban J connectivity index is 1.45. The first kappa shape index (κ1) is 24.3. The Morgan fingerprint density at radius 3 is 2.15 bits per heavy atom. The van der Waals surface area contributed by atoms with E-state index in [9.17, 15) is 14.4 Å². The average Bonchev–Trinajstić information content (AvgIpc) is 2.82. The highest BCUT2D eigenvalue weighted by molar-refractivity contribution is 7.80. The largest absolute Gasteiger partial charge is 0.322 e. The van der Waals surface area contributed by atoms with Crippen LogP contribution in [0.4, 0.5) is 5.69 Å². The van der Waals surface area contributed by atoms with E-state index in [-0.39, 0.29) is 11.0 Å². The Labute approximate surface area is 203 Å². The summed E-state index contributed by atoms with van der Waals surface area (Å²) in [6.07, 6.45) is 3.01. The topological polar surface area (TPSA) is 99.3 Å². The van der Waals surface area contributed by atoms with E-state index in [0.29, 0.717) is 16.8 Å².